The summed E-state index contributed by atoms with van der Waals surface area (Å²) >= 11 is 0. The van der Waals surface area contributed by atoms with Crippen molar-refractivity contribution in [1.82, 2.24) is 4.90 Å². The number of fused-ring (bicyclic) bond motifs is 1. The molecule has 2 aliphatic rings. The van der Waals surface area contributed by atoms with Crippen molar-refractivity contribution in [3.63, 3.8) is 0 Å². The monoisotopic (exact) mass is 352 g/mol. The third kappa shape index (κ3) is 3.19. The lowest BCUT2D eigenvalue weighted by atomic mass is 9.74. The Morgan fingerprint density at radius 1 is 1.32 bits per heavy atom. The first kappa shape index (κ1) is 18.0. The van der Waals surface area contributed by atoms with Crippen LogP contribution in [0.1, 0.15) is 37.0 Å². The normalized spacial score (nSPS) is 26.2. The number of hydrogen-bond donors (Lipinski definition) is 1. The first-order valence-corrected chi connectivity index (χ1v) is 8.57. The number of alkyl halides is 3. The van der Waals surface area contributed by atoms with E-state index in [0.29, 0.717) is 24.9 Å². The molecule has 6 heteroatoms. The second-order valence-electron chi connectivity index (χ2n) is 7.38. The molecule has 0 bridgehead atoms. The number of carbonyl (C=O) groups is 1. The Hall–Kier alpha value is -1.82. The molecule has 1 heterocycles. The van der Waals surface area contributed by atoms with E-state index in [1.165, 1.54) is 12.1 Å². The fourth-order valence-corrected chi connectivity index (χ4v) is 3.86. The van der Waals surface area contributed by atoms with Crippen LogP contribution in [0.15, 0.2) is 30.4 Å². The Labute approximate surface area is 145 Å². The van der Waals surface area contributed by atoms with Gasteiger partial charge in [0.2, 0.25) is 5.91 Å². The van der Waals surface area contributed by atoms with E-state index in [1.54, 1.807) is 4.90 Å². The molecule has 0 saturated carbocycles. The lowest BCUT2D eigenvalue weighted by Crippen LogP contribution is -2.48. The van der Waals surface area contributed by atoms with Crippen molar-refractivity contribution >= 4 is 5.91 Å². The Morgan fingerprint density at radius 2 is 2.04 bits per heavy atom. The minimum Gasteiger partial charge on any atom is -0.337 e. The molecule has 0 fully saturated rings. The Kier molecular flexibility index (Phi) is 4.43. The van der Waals surface area contributed by atoms with E-state index < -0.39 is 17.2 Å². The van der Waals surface area contributed by atoms with Gasteiger partial charge in [0.1, 0.15) is 0 Å². The van der Waals surface area contributed by atoms with Crippen LogP contribution in [0.4, 0.5) is 13.2 Å². The molecule has 0 spiro atoms. The number of benzene rings is 1. The van der Waals surface area contributed by atoms with Crippen LogP contribution in [0, 0.1) is 11.3 Å². The summed E-state index contributed by atoms with van der Waals surface area (Å²) in [4.78, 5) is 14.9. The third-order valence-electron chi connectivity index (χ3n) is 5.48. The lowest BCUT2D eigenvalue weighted by Gasteiger charge is -2.39. The highest BCUT2D eigenvalue weighted by atomic mass is 19.4. The molecule has 136 valence electrons. The second kappa shape index (κ2) is 6.16. The lowest BCUT2D eigenvalue weighted by molar-refractivity contribution is -0.142. The number of halogens is 3. The highest BCUT2D eigenvalue weighted by Crippen LogP contribution is 2.42. The average molecular weight is 352 g/mol. The number of amides is 1. The number of hydrogen-bond acceptors (Lipinski definition) is 2. The molecule has 1 aliphatic carbocycles. The van der Waals surface area contributed by atoms with Crippen LogP contribution in [0.3, 0.4) is 0 Å². The quantitative estimate of drug-likeness (QED) is 0.828. The zero-order valence-corrected chi connectivity index (χ0v) is 14.4. The van der Waals surface area contributed by atoms with Gasteiger partial charge in [-0.15, -0.1) is 0 Å². The minimum atomic E-state index is -4.37. The van der Waals surface area contributed by atoms with E-state index in [4.69, 9.17) is 5.73 Å². The van der Waals surface area contributed by atoms with Crippen LogP contribution in [0.25, 0.3) is 0 Å². The van der Waals surface area contributed by atoms with Gasteiger partial charge in [-0.2, -0.15) is 13.2 Å². The van der Waals surface area contributed by atoms with Crippen molar-refractivity contribution in [3.8, 4) is 0 Å². The number of nitrogens with two attached hydrogens (primary N) is 1. The number of carbonyl (C=O) groups excluding carboxylic acids is 1. The maximum atomic E-state index is 13.2. The topological polar surface area (TPSA) is 46.3 Å². The molecular weight excluding hydrogens is 329 g/mol. The summed E-state index contributed by atoms with van der Waals surface area (Å²) < 4.78 is 38.9. The summed E-state index contributed by atoms with van der Waals surface area (Å²) in [5.41, 5.74) is 6.12. The summed E-state index contributed by atoms with van der Waals surface area (Å²) in [6.07, 6.45) is 0.504. The second-order valence-corrected chi connectivity index (χ2v) is 7.38. The molecule has 2 N–H and O–H groups in total. The van der Waals surface area contributed by atoms with Crippen LogP contribution in [-0.4, -0.2) is 23.4 Å². The molecule has 1 aromatic carbocycles. The van der Waals surface area contributed by atoms with Crippen LogP contribution in [0.2, 0.25) is 0 Å². The van der Waals surface area contributed by atoms with Gasteiger partial charge in [-0.25, -0.2) is 0 Å². The molecule has 0 saturated heterocycles. The zero-order chi connectivity index (χ0) is 18.4. The molecule has 0 aromatic heterocycles. The van der Waals surface area contributed by atoms with Crippen molar-refractivity contribution in [2.75, 3.05) is 6.54 Å². The smallest absolute Gasteiger partial charge is 0.337 e. The van der Waals surface area contributed by atoms with Gasteiger partial charge in [0, 0.05) is 19.1 Å². The molecule has 3 rings (SSSR count). The van der Waals surface area contributed by atoms with Crippen LogP contribution < -0.4 is 5.73 Å². The molecule has 0 radical (unpaired) electrons. The summed E-state index contributed by atoms with van der Waals surface area (Å²) in [6, 6.07) is 3.67. The van der Waals surface area contributed by atoms with E-state index in [9.17, 15) is 18.0 Å². The summed E-state index contributed by atoms with van der Waals surface area (Å²) in [7, 11) is 0. The first-order chi connectivity index (χ1) is 11.6. The van der Waals surface area contributed by atoms with Gasteiger partial charge in [-0.1, -0.05) is 32.1 Å². The van der Waals surface area contributed by atoms with E-state index in [0.717, 1.165) is 11.6 Å². The highest BCUT2D eigenvalue weighted by molar-refractivity contribution is 5.86. The Morgan fingerprint density at radius 3 is 2.60 bits per heavy atom. The molecule has 25 heavy (non-hydrogen) atoms. The van der Waals surface area contributed by atoms with Crippen LogP contribution in [-0.2, 0) is 23.9 Å². The van der Waals surface area contributed by atoms with E-state index in [-0.39, 0.29) is 24.4 Å². The van der Waals surface area contributed by atoms with E-state index >= 15 is 0 Å². The molecule has 1 aromatic rings. The Bertz CT molecular complexity index is 711. The van der Waals surface area contributed by atoms with Crippen LogP contribution >= 0.6 is 0 Å². The first-order valence-electron chi connectivity index (χ1n) is 8.57. The van der Waals surface area contributed by atoms with Gasteiger partial charge in [0.05, 0.1) is 11.0 Å². The standard InChI is InChI=1S/C19H23F3N2O/c1-12(2)18(7-5-16(23)10-18)17(25)24-8-6-13-3-4-15(19(20,21)22)9-14(13)11-24/h3-5,7,9,12,16H,6,8,10-11,23H2,1-2H3/t16-,18+/m1/s1. The predicted molar refractivity (Wildman–Crippen MR) is 89.6 cm³/mol. The molecule has 2 atom stereocenters. The Balaban J connectivity index is 1.87. The van der Waals surface area contributed by atoms with Gasteiger partial charge < -0.3 is 10.6 Å². The van der Waals surface area contributed by atoms with Crippen molar-refractivity contribution < 1.29 is 18.0 Å². The maximum Gasteiger partial charge on any atom is 0.416 e. The maximum absolute atomic E-state index is 13.2. The summed E-state index contributed by atoms with van der Waals surface area (Å²) in [6.45, 7) is 4.71. The highest BCUT2D eigenvalue weighted by Gasteiger charge is 2.46. The van der Waals surface area contributed by atoms with Crippen LogP contribution in [0.5, 0.6) is 0 Å². The van der Waals surface area contributed by atoms with Gasteiger partial charge in [-0.3, -0.25) is 4.79 Å². The summed E-state index contributed by atoms with van der Waals surface area (Å²) in [5, 5.41) is 0. The third-order valence-corrected chi connectivity index (χ3v) is 5.48. The molecule has 1 amide bonds. The van der Waals surface area contributed by atoms with E-state index in [2.05, 4.69) is 0 Å². The van der Waals surface area contributed by atoms with Gasteiger partial charge >= 0.3 is 6.18 Å². The zero-order valence-electron chi connectivity index (χ0n) is 14.4. The van der Waals surface area contributed by atoms with Crippen molar-refractivity contribution in [2.24, 2.45) is 17.1 Å². The van der Waals surface area contributed by atoms with Gasteiger partial charge in [-0.05, 0) is 42.0 Å². The fourth-order valence-electron chi connectivity index (χ4n) is 3.86. The van der Waals surface area contributed by atoms with Crippen molar-refractivity contribution in [3.05, 3.63) is 47.0 Å². The largest absolute Gasteiger partial charge is 0.416 e. The fraction of sp³-hybridized carbons (Fsp3) is 0.526. The SMILES string of the molecule is CC(C)[C@]1(C(=O)N2CCc3ccc(C(F)(F)F)cc3C2)C=C[C@@H](N)C1. The number of nitrogens with zero attached hydrogens (tertiary/aromatic N) is 1. The molecule has 3 nitrogen and oxygen atoms in total. The van der Waals surface area contributed by atoms with Gasteiger partial charge in [0.25, 0.3) is 0 Å². The minimum absolute atomic E-state index is 0.0326. The van der Waals surface area contributed by atoms with Gasteiger partial charge in [0.15, 0.2) is 0 Å². The van der Waals surface area contributed by atoms with Crippen molar-refractivity contribution in [1.29, 1.82) is 0 Å². The molecular formula is C19H23F3N2O. The number of rotatable bonds is 2. The molecule has 1 aliphatic heterocycles. The average Bonchev–Trinajstić information content (AvgIpc) is 2.95. The predicted octanol–water partition coefficient (Wildman–Crippen LogP) is 3.52. The summed E-state index contributed by atoms with van der Waals surface area (Å²) in [5.74, 6) is 0.0440. The molecule has 0 unspecified atom stereocenters. The van der Waals surface area contributed by atoms with E-state index in [1.807, 2.05) is 26.0 Å². The van der Waals surface area contributed by atoms with Crippen molar-refractivity contribution in [2.45, 2.75) is 45.5 Å².